The average molecular weight is 398 g/mol. The van der Waals surface area contributed by atoms with Gasteiger partial charge in [0.25, 0.3) is 5.56 Å². The van der Waals surface area contributed by atoms with Crippen molar-refractivity contribution in [2.75, 3.05) is 13.2 Å². The Labute approximate surface area is 167 Å². The van der Waals surface area contributed by atoms with Crippen molar-refractivity contribution in [3.8, 4) is 17.2 Å². The van der Waals surface area contributed by atoms with Crippen LogP contribution in [-0.4, -0.2) is 28.7 Å². The van der Waals surface area contributed by atoms with E-state index in [0.717, 1.165) is 30.1 Å². The molecular formula is C21H20ClN3O3. The quantitative estimate of drug-likeness (QED) is 0.663. The molecule has 1 N–H and O–H groups in total. The van der Waals surface area contributed by atoms with Crippen LogP contribution in [-0.2, 0) is 6.61 Å². The number of hydrogen-bond acceptors (Lipinski definition) is 5. The van der Waals surface area contributed by atoms with Crippen LogP contribution in [0, 0.1) is 0 Å². The fourth-order valence-electron chi connectivity index (χ4n) is 2.80. The number of halogens is 1. The Morgan fingerprint density at radius 1 is 1.11 bits per heavy atom. The Bertz CT molecular complexity index is 983. The molecule has 0 bridgehead atoms. The standard InChI is InChI=1S/C21H20ClN3O3/c22-15-1-2-16(24-12-15)13-28-20-8-10-25(21(26)11-20)18-3-5-19(6-4-18)27-14-17-7-9-23-17/h1-6,8,10-12,17,23H,7,9,13-14H2. The van der Waals surface area contributed by atoms with Gasteiger partial charge in [0, 0.05) is 30.2 Å². The van der Waals surface area contributed by atoms with E-state index in [0.29, 0.717) is 23.4 Å². The number of nitrogens with one attached hydrogen (secondary N) is 1. The number of ether oxygens (including phenoxy) is 2. The van der Waals surface area contributed by atoms with Crippen molar-refractivity contribution < 1.29 is 9.47 Å². The fourth-order valence-corrected chi connectivity index (χ4v) is 2.92. The van der Waals surface area contributed by atoms with Gasteiger partial charge in [0.15, 0.2) is 0 Å². The lowest BCUT2D eigenvalue weighted by molar-refractivity contribution is 0.217. The van der Waals surface area contributed by atoms with E-state index in [1.807, 2.05) is 24.3 Å². The number of benzene rings is 1. The molecule has 1 fully saturated rings. The Morgan fingerprint density at radius 3 is 2.57 bits per heavy atom. The van der Waals surface area contributed by atoms with Crippen LogP contribution in [0.1, 0.15) is 12.1 Å². The average Bonchev–Trinajstić information content (AvgIpc) is 2.67. The molecule has 0 amide bonds. The minimum absolute atomic E-state index is 0.172. The molecule has 3 aromatic rings. The molecule has 1 atom stereocenters. The van der Waals surface area contributed by atoms with Gasteiger partial charge in [0.2, 0.25) is 0 Å². The van der Waals surface area contributed by atoms with Gasteiger partial charge >= 0.3 is 0 Å². The Hall–Kier alpha value is -2.83. The Balaban J connectivity index is 1.39. The monoisotopic (exact) mass is 397 g/mol. The van der Waals surface area contributed by atoms with E-state index in [1.54, 1.807) is 35.2 Å². The third-order valence-electron chi connectivity index (χ3n) is 4.56. The van der Waals surface area contributed by atoms with E-state index in [-0.39, 0.29) is 12.2 Å². The maximum Gasteiger partial charge on any atom is 0.258 e. The summed E-state index contributed by atoms with van der Waals surface area (Å²) in [6.07, 6.45) is 4.41. The van der Waals surface area contributed by atoms with E-state index in [9.17, 15) is 4.79 Å². The van der Waals surface area contributed by atoms with Gasteiger partial charge < -0.3 is 14.8 Å². The molecular weight excluding hydrogens is 378 g/mol. The maximum absolute atomic E-state index is 12.5. The highest BCUT2D eigenvalue weighted by Crippen LogP contribution is 2.17. The molecule has 144 valence electrons. The molecule has 2 aromatic heterocycles. The van der Waals surface area contributed by atoms with Gasteiger partial charge in [-0.05, 0) is 55.4 Å². The Morgan fingerprint density at radius 2 is 1.93 bits per heavy atom. The van der Waals surface area contributed by atoms with Crippen LogP contribution in [0.4, 0.5) is 0 Å². The number of pyridine rings is 2. The summed E-state index contributed by atoms with van der Waals surface area (Å²) in [5.74, 6) is 1.28. The second-order valence-corrected chi connectivity index (χ2v) is 7.01. The smallest absolute Gasteiger partial charge is 0.258 e. The topological polar surface area (TPSA) is 65.4 Å². The first-order valence-electron chi connectivity index (χ1n) is 9.10. The van der Waals surface area contributed by atoms with Crippen molar-refractivity contribution in [1.29, 1.82) is 0 Å². The predicted molar refractivity (Wildman–Crippen MR) is 108 cm³/mol. The summed E-state index contributed by atoms with van der Waals surface area (Å²) in [6, 6.07) is 14.7. The summed E-state index contributed by atoms with van der Waals surface area (Å²) in [5, 5.41) is 3.87. The SMILES string of the molecule is O=c1cc(OCc2ccc(Cl)cn2)ccn1-c1ccc(OCC2CCN2)cc1. The van der Waals surface area contributed by atoms with Crippen LogP contribution in [0.25, 0.3) is 5.69 Å². The van der Waals surface area contributed by atoms with Gasteiger partial charge in [-0.1, -0.05) is 11.6 Å². The largest absolute Gasteiger partial charge is 0.492 e. The third kappa shape index (κ3) is 4.52. The molecule has 1 aliphatic rings. The molecule has 0 radical (unpaired) electrons. The van der Waals surface area contributed by atoms with Gasteiger partial charge in [-0.2, -0.15) is 0 Å². The molecule has 0 aliphatic carbocycles. The predicted octanol–water partition coefficient (Wildman–Crippen LogP) is 3.21. The minimum Gasteiger partial charge on any atom is -0.492 e. The lowest BCUT2D eigenvalue weighted by atomic mass is 10.1. The molecule has 4 rings (SSSR count). The van der Waals surface area contributed by atoms with Crippen LogP contribution >= 0.6 is 11.6 Å². The van der Waals surface area contributed by atoms with Crippen molar-refractivity contribution in [2.45, 2.75) is 19.1 Å². The summed E-state index contributed by atoms with van der Waals surface area (Å²) < 4.78 is 13.0. The van der Waals surface area contributed by atoms with E-state index >= 15 is 0 Å². The van der Waals surface area contributed by atoms with Crippen molar-refractivity contribution in [3.63, 3.8) is 0 Å². The second kappa shape index (κ2) is 8.46. The number of nitrogens with zero attached hydrogens (tertiary/aromatic N) is 2. The normalized spacial score (nSPS) is 15.7. The van der Waals surface area contributed by atoms with E-state index < -0.39 is 0 Å². The summed E-state index contributed by atoms with van der Waals surface area (Å²) in [6.45, 7) is 1.99. The summed E-state index contributed by atoms with van der Waals surface area (Å²) in [5.41, 5.74) is 1.33. The highest BCUT2D eigenvalue weighted by Gasteiger charge is 2.16. The van der Waals surface area contributed by atoms with Gasteiger partial charge in [-0.15, -0.1) is 0 Å². The second-order valence-electron chi connectivity index (χ2n) is 6.57. The summed E-state index contributed by atoms with van der Waals surface area (Å²) in [4.78, 5) is 16.6. The molecule has 0 saturated carbocycles. The zero-order valence-electron chi connectivity index (χ0n) is 15.2. The van der Waals surface area contributed by atoms with Gasteiger partial charge in [0.1, 0.15) is 24.7 Å². The first kappa shape index (κ1) is 18.5. The maximum atomic E-state index is 12.5. The molecule has 3 heterocycles. The summed E-state index contributed by atoms with van der Waals surface area (Å²) in [7, 11) is 0. The highest BCUT2D eigenvalue weighted by molar-refractivity contribution is 6.30. The molecule has 1 aliphatic heterocycles. The third-order valence-corrected chi connectivity index (χ3v) is 4.78. The number of aromatic nitrogens is 2. The summed E-state index contributed by atoms with van der Waals surface area (Å²) >= 11 is 5.82. The fraction of sp³-hybridized carbons (Fsp3) is 0.238. The van der Waals surface area contributed by atoms with Crippen LogP contribution < -0.4 is 20.3 Å². The molecule has 1 saturated heterocycles. The number of hydrogen-bond donors (Lipinski definition) is 1. The van der Waals surface area contributed by atoms with E-state index in [4.69, 9.17) is 21.1 Å². The van der Waals surface area contributed by atoms with Crippen molar-refractivity contribution in [2.24, 2.45) is 0 Å². The van der Waals surface area contributed by atoms with Gasteiger partial charge in [-0.3, -0.25) is 14.3 Å². The van der Waals surface area contributed by atoms with Crippen molar-refractivity contribution in [3.05, 3.63) is 82.0 Å². The van der Waals surface area contributed by atoms with Crippen molar-refractivity contribution >= 4 is 11.6 Å². The van der Waals surface area contributed by atoms with Crippen molar-refractivity contribution in [1.82, 2.24) is 14.9 Å². The molecule has 6 nitrogen and oxygen atoms in total. The minimum atomic E-state index is -0.172. The van der Waals surface area contributed by atoms with Crippen LogP contribution in [0.2, 0.25) is 5.02 Å². The first-order valence-corrected chi connectivity index (χ1v) is 9.48. The van der Waals surface area contributed by atoms with Crippen LogP contribution in [0.15, 0.2) is 65.7 Å². The lowest BCUT2D eigenvalue weighted by Crippen LogP contribution is -2.46. The van der Waals surface area contributed by atoms with Gasteiger partial charge in [-0.25, -0.2) is 0 Å². The molecule has 1 unspecified atom stereocenters. The van der Waals surface area contributed by atoms with Gasteiger partial charge in [0.05, 0.1) is 10.7 Å². The lowest BCUT2D eigenvalue weighted by Gasteiger charge is -2.27. The number of rotatable bonds is 7. The molecule has 1 aromatic carbocycles. The molecule has 7 heteroatoms. The highest BCUT2D eigenvalue weighted by atomic mass is 35.5. The van der Waals surface area contributed by atoms with Crippen LogP contribution in [0.3, 0.4) is 0 Å². The van der Waals surface area contributed by atoms with E-state index in [2.05, 4.69) is 10.3 Å². The molecule has 0 spiro atoms. The Kier molecular flexibility index (Phi) is 5.60. The zero-order chi connectivity index (χ0) is 19.3. The zero-order valence-corrected chi connectivity index (χ0v) is 15.9. The molecule has 28 heavy (non-hydrogen) atoms. The van der Waals surface area contributed by atoms with E-state index in [1.165, 1.54) is 6.07 Å². The van der Waals surface area contributed by atoms with Crippen LogP contribution in [0.5, 0.6) is 11.5 Å². The first-order chi connectivity index (χ1) is 13.7.